The monoisotopic (exact) mass is 463 g/mol. The minimum Gasteiger partial charge on any atom is -0.297 e. The smallest absolute Gasteiger partial charge is 0.135 e. The molecule has 0 aliphatic rings. The maximum atomic E-state index is 9.45. The summed E-state index contributed by atoms with van der Waals surface area (Å²) in [5.74, 6) is 1.61. The van der Waals surface area contributed by atoms with Crippen LogP contribution in [0.2, 0.25) is 0 Å². The van der Waals surface area contributed by atoms with Crippen LogP contribution in [0.4, 0.5) is 0 Å². The number of benzene rings is 4. The first-order chi connectivity index (χ1) is 17.6. The molecule has 0 radical (unpaired) electrons. The third-order valence-corrected chi connectivity index (χ3v) is 6.69. The number of hydrogen-bond donors (Lipinski definition) is 0. The first-order valence-electron chi connectivity index (χ1n) is 11.7. The van der Waals surface area contributed by atoms with Crippen LogP contribution in [0.15, 0.2) is 96.0 Å². The second kappa shape index (κ2) is 8.27. The van der Waals surface area contributed by atoms with Gasteiger partial charge in [-0.3, -0.25) is 9.13 Å². The molecule has 0 spiro atoms. The summed E-state index contributed by atoms with van der Waals surface area (Å²) in [6.45, 7) is 4.00. The zero-order chi connectivity index (χ0) is 24.8. The van der Waals surface area contributed by atoms with Crippen LogP contribution in [0, 0.1) is 22.7 Å². The molecular formula is C31H21N5. The minimum absolute atomic E-state index is 0.633. The summed E-state index contributed by atoms with van der Waals surface area (Å²) in [5.41, 5.74) is 5.35. The number of fused-ring (bicyclic) bond motifs is 6. The lowest BCUT2D eigenvalue weighted by Gasteiger charge is -2.12. The van der Waals surface area contributed by atoms with Crippen molar-refractivity contribution in [2.45, 2.75) is 13.8 Å². The lowest BCUT2D eigenvalue weighted by molar-refractivity contribution is 1.14. The molecule has 6 aromatic rings. The van der Waals surface area contributed by atoms with E-state index in [1.165, 1.54) is 0 Å². The number of hydrogen-bond acceptors (Lipinski definition) is 3. The summed E-state index contributed by atoms with van der Waals surface area (Å²) in [4.78, 5) is 5.14. The highest BCUT2D eigenvalue weighted by Gasteiger charge is 2.16. The number of allylic oxidation sites excluding steroid dienone is 1. The van der Waals surface area contributed by atoms with Gasteiger partial charge in [-0.15, -0.1) is 0 Å². The second-order valence-electron chi connectivity index (χ2n) is 8.70. The van der Waals surface area contributed by atoms with Gasteiger partial charge < -0.3 is 0 Å². The molecule has 2 aromatic heterocycles. The molecule has 0 N–H and O–H groups in total. The van der Waals surface area contributed by atoms with E-state index in [2.05, 4.69) is 45.5 Å². The van der Waals surface area contributed by atoms with Crippen LogP contribution in [-0.4, -0.2) is 15.0 Å². The van der Waals surface area contributed by atoms with Crippen molar-refractivity contribution in [3.8, 4) is 12.1 Å². The van der Waals surface area contributed by atoms with E-state index in [-0.39, 0.29) is 0 Å². The van der Waals surface area contributed by atoms with E-state index in [0.717, 1.165) is 55.3 Å². The Kier molecular flexibility index (Phi) is 4.92. The SMILES string of the molecule is C/C=C(\N=C(/C)n1c2ccccc2c2cc(C#N)ccc21)n1c2ccccc2c2cc(C#N)ccc21. The fourth-order valence-electron chi connectivity index (χ4n) is 5.14. The largest absolute Gasteiger partial charge is 0.297 e. The van der Waals surface area contributed by atoms with Gasteiger partial charge in [0.1, 0.15) is 11.7 Å². The van der Waals surface area contributed by atoms with Crippen molar-refractivity contribution in [2.24, 2.45) is 4.99 Å². The van der Waals surface area contributed by atoms with Gasteiger partial charge in [0.05, 0.1) is 45.3 Å². The van der Waals surface area contributed by atoms with E-state index in [1.807, 2.05) is 80.6 Å². The molecule has 0 saturated carbocycles. The van der Waals surface area contributed by atoms with Crippen molar-refractivity contribution < 1.29 is 0 Å². The molecule has 0 atom stereocenters. The van der Waals surface area contributed by atoms with E-state index < -0.39 is 0 Å². The molecule has 0 aliphatic heterocycles. The Bertz CT molecular complexity index is 1980. The van der Waals surface area contributed by atoms with Crippen LogP contribution in [0.1, 0.15) is 25.0 Å². The molecule has 5 nitrogen and oxygen atoms in total. The minimum atomic E-state index is 0.633. The number of aromatic nitrogens is 2. The normalized spacial score (nSPS) is 12.4. The summed E-state index contributed by atoms with van der Waals surface area (Å²) in [6.07, 6.45) is 2.01. The third-order valence-electron chi connectivity index (χ3n) is 6.69. The van der Waals surface area contributed by atoms with E-state index in [9.17, 15) is 10.5 Å². The predicted octanol–water partition coefficient (Wildman–Crippen LogP) is 7.43. The maximum absolute atomic E-state index is 9.45. The molecule has 4 aromatic carbocycles. The van der Waals surface area contributed by atoms with Crippen LogP contribution in [0.25, 0.3) is 49.4 Å². The topological polar surface area (TPSA) is 69.8 Å². The van der Waals surface area contributed by atoms with Crippen LogP contribution >= 0.6 is 0 Å². The Hall–Kier alpha value is -5.13. The zero-order valence-electron chi connectivity index (χ0n) is 19.9. The van der Waals surface area contributed by atoms with Crippen LogP contribution in [0.3, 0.4) is 0 Å². The van der Waals surface area contributed by atoms with Crippen molar-refractivity contribution in [1.82, 2.24) is 9.13 Å². The van der Waals surface area contributed by atoms with Crippen molar-refractivity contribution >= 4 is 55.3 Å². The molecule has 6 rings (SSSR count). The first kappa shape index (κ1) is 21.4. The highest BCUT2D eigenvalue weighted by Crippen LogP contribution is 2.34. The maximum Gasteiger partial charge on any atom is 0.135 e. The predicted molar refractivity (Wildman–Crippen MR) is 147 cm³/mol. The van der Waals surface area contributed by atoms with E-state index >= 15 is 0 Å². The van der Waals surface area contributed by atoms with Gasteiger partial charge in [0, 0.05) is 21.5 Å². The Morgan fingerprint density at radius 3 is 1.67 bits per heavy atom. The van der Waals surface area contributed by atoms with Crippen molar-refractivity contribution in [3.05, 3.63) is 102 Å². The molecule has 0 aliphatic carbocycles. The van der Waals surface area contributed by atoms with Crippen molar-refractivity contribution in [2.75, 3.05) is 0 Å². The molecule has 170 valence electrons. The van der Waals surface area contributed by atoms with Gasteiger partial charge in [-0.2, -0.15) is 10.5 Å². The Morgan fingerprint density at radius 1 is 0.667 bits per heavy atom. The molecule has 0 bridgehead atoms. The molecule has 0 amide bonds. The summed E-state index contributed by atoms with van der Waals surface area (Å²) in [5, 5.41) is 23.1. The van der Waals surface area contributed by atoms with Gasteiger partial charge in [-0.05, 0) is 68.5 Å². The van der Waals surface area contributed by atoms with Gasteiger partial charge in [0.15, 0.2) is 0 Å². The first-order valence-corrected chi connectivity index (χ1v) is 11.7. The fourth-order valence-corrected chi connectivity index (χ4v) is 5.14. The molecule has 2 heterocycles. The summed E-state index contributed by atoms with van der Waals surface area (Å²) in [7, 11) is 0. The molecule has 0 saturated heterocycles. The van der Waals surface area contributed by atoms with Gasteiger partial charge >= 0.3 is 0 Å². The zero-order valence-corrected chi connectivity index (χ0v) is 19.9. The highest BCUT2D eigenvalue weighted by atomic mass is 15.2. The Balaban J connectivity index is 1.61. The summed E-state index contributed by atoms with van der Waals surface area (Å²) < 4.78 is 4.30. The highest BCUT2D eigenvalue weighted by molar-refractivity contribution is 6.15. The number of nitriles is 2. The van der Waals surface area contributed by atoms with E-state index in [0.29, 0.717) is 11.1 Å². The lowest BCUT2D eigenvalue weighted by Crippen LogP contribution is -2.09. The molecule has 0 unspecified atom stereocenters. The standard InChI is InChI=1S/C31H21N5/c1-3-31(36-28-11-7-5-9-24(28)26-17-22(19-33)13-15-30(26)36)34-20(2)35-27-10-6-4-8-23(27)25-16-21(18-32)12-14-29(25)35/h3-17H,1-2H3/b31-3+,34-20+. The number of rotatable bonds is 2. The molecule has 5 heteroatoms. The van der Waals surface area contributed by atoms with Gasteiger partial charge in [-0.1, -0.05) is 36.4 Å². The fraction of sp³-hybridized carbons (Fsp3) is 0.0645. The Morgan fingerprint density at radius 2 is 1.14 bits per heavy atom. The van der Waals surface area contributed by atoms with Gasteiger partial charge in [-0.25, -0.2) is 4.99 Å². The Labute approximate surface area is 208 Å². The van der Waals surface area contributed by atoms with Crippen molar-refractivity contribution in [3.63, 3.8) is 0 Å². The van der Waals surface area contributed by atoms with Crippen LogP contribution in [-0.2, 0) is 0 Å². The van der Waals surface area contributed by atoms with E-state index in [4.69, 9.17) is 4.99 Å². The quantitative estimate of drug-likeness (QED) is 0.198. The van der Waals surface area contributed by atoms with Gasteiger partial charge in [0.2, 0.25) is 0 Å². The molecule has 0 fully saturated rings. The average Bonchev–Trinajstić information content (AvgIpc) is 3.43. The van der Waals surface area contributed by atoms with Crippen molar-refractivity contribution in [1.29, 1.82) is 10.5 Å². The molecular weight excluding hydrogens is 442 g/mol. The summed E-state index contributed by atoms with van der Waals surface area (Å²) in [6, 6.07) is 32.5. The van der Waals surface area contributed by atoms with Gasteiger partial charge in [0.25, 0.3) is 0 Å². The second-order valence-corrected chi connectivity index (χ2v) is 8.70. The third kappa shape index (κ3) is 3.11. The summed E-state index contributed by atoms with van der Waals surface area (Å²) >= 11 is 0. The van der Waals surface area contributed by atoms with Crippen LogP contribution in [0.5, 0.6) is 0 Å². The number of aliphatic imine (C=N–C) groups is 1. The average molecular weight is 464 g/mol. The molecule has 36 heavy (non-hydrogen) atoms. The number of nitrogens with zero attached hydrogens (tertiary/aromatic N) is 5. The van der Waals surface area contributed by atoms with E-state index in [1.54, 1.807) is 0 Å². The van der Waals surface area contributed by atoms with Crippen LogP contribution < -0.4 is 0 Å². The lowest BCUT2D eigenvalue weighted by atomic mass is 10.1. The number of para-hydroxylation sites is 2.